The maximum Gasteiger partial charge on any atom is 0.255 e. The Bertz CT molecular complexity index is 1020. The summed E-state index contributed by atoms with van der Waals surface area (Å²) >= 11 is 0. The van der Waals surface area contributed by atoms with Gasteiger partial charge in [-0.1, -0.05) is 0 Å². The van der Waals surface area contributed by atoms with Crippen molar-refractivity contribution >= 4 is 21.6 Å². The molecule has 1 aliphatic heterocycles. The van der Waals surface area contributed by atoms with E-state index in [1.165, 1.54) is 46.8 Å². The molecule has 1 fully saturated rings. The van der Waals surface area contributed by atoms with Gasteiger partial charge in [0.15, 0.2) is 0 Å². The highest BCUT2D eigenvalue weighted by molar-refractivity contribution is 7.89. The molecule has 0 unspecified atom stereocenters. The molecular formula is C20H21N3O5S. The number of nitriles is 1. The Morgan fingerprint density at radius 2 is 1.90 bits per heavy atom. The number of nitrogens with zero attached hydrogens (tertiary/aromatic N) is 2. The number of nitrogens with one attached hydrogen (secondary N) is 1. The number of anilines is 1. The van der Waals surface area contributed by atoms with Gasteiger partial charge in [0.05, 0.1) is 42.0 Å². The number of sulfonamides is 1. The zero-order chi connectivity index (χ0) is 20.9. The van der Waals surface area contributed by atoms with Crippen molar-refractivity contribution < 1.29 is 22.7 Å². The summed E-state index contributed by atoms with van der Waals surface area (Å²) in [4.78, 5) is 12.7. The maximum absolute atomic E-state index is 12.9. The fraction of sp³-hybridized carbons (Fsp3) is 0.300. The van der Waals surface area contributed by atoms with E-state index in [-0.39, 0.29) is 23.7 Å². The molecule has 2 aromatic carbocycles. The summed E-state index contributed by atoms with van der Waals surface area (Å²) in [6, 6.07) is 12.5. The first-order valence-electron chi connectivity index (χ1n) is 9.12. The average Bonchev–Trinajstić information content (AvgIpc) is 2.75. The summed E-state index contributed by atoms with van der Waals surface area (Å²) in [5, 5.41) is 11.6. The fourth-order valence-corrected chi connectivity index (χ4v) is 4.31. The monoisotopic (exact) mass is 415 g/mol. The van der Waals surface area contributed by atoms with Crippen LogP contribution >= 0.6 is 0 Å². The van der Waals surface area contributed by atoms with Gasteiger partial charge in [-0.25, -0.2) is 8.42 Å². The van der Waals surface area contributed by atoms with Gasteiger partial charge in [-0.15, -0.1) is 0 Å². The Morgan fingerprint density at radius 3 is 2.52 bits per heavy atom. The lowest BCUT2D eigenvalue weighted by atomic mass is 10.1. The van der Waals surface area contributed by atoms with Gasteiger partial charge in [-0.2, -0.15) is 9.57 Å². The molecule has 1 heterocycles. The van der Waals surface area contributed by atoms with Crippen LogP contribution in [0.3, 0.4) is 0 Å². The second kappa shape index (κ2) is 9.05. The lowest BCUT2D eigenvalue weighted by Crippen LogP contribution is -2.40. The lowest BCUT2D eigenvalue weighted by molar-refractivity contribution is 0.0730. The quantitative estimate of drug-likeness (QED) is 0.775. The minimum atomic E-state index is -3.72. The molecule has 1 aliphatic rings. The molecule has 3 rings (SSSR count). The molecular weight excluding hydrogens is 394 g/mol. The largest absolute Gasteiger partial charge is 0.492 e. The van der Waals surface area contributed by atoms with Gasteiger partial charge in [0.2, 0.25) is 10.0 Å². The predicted molar refractivity (Wildman–Crippen MR) is 106 cm³/mol. The van der Waals surface area contributed by atoms with Gasteiger partial charge >= 0.3 is 0 Å². The van der Waals surface area contributed by atoms with Crippen LogP contribution in [-0.4, -0.2) is 51.5 Å². The minimum absolute atomic E-state index is 0.0676. The number of hydrogen-bond acceptors (Lipinski definition) is 6. The van der Waals surface area contributed by atoms with Crippen LogP contribution in [0.2, 0.25) is 0 Å². The molecule has 0 aromatic heterocycles. The molecule has 0 bridgehead atoms. The second-order valence-electron chi connectivity index (χ2n) is 6.25. The van der Waals surface area contributed by atoms with E-state index >= 15 is 0 Å². The van der Waals surface area contributed by atoms with E-state index in [9.17, 15) is 13.2 Å². The highest BCUT2D eigenvalue weighted by Gasteiger charge is 2.27. The van der Waals surface area contributed by atoms with Crippen LogP contribution in [0.15, 0.2) is 47.4 Å². The summed E-state index contributed by atoms with van der Waals surface area (Å²) < 4.78 is 38.0. The normalized spacial score (nSPS) is 14.8. The minimum Gasteiger partial charge on any atom is -0.492 e. The van der Waals surface area contributed by atoms with Gasteiger partial charge in [-0.05, 0) is 49.4 Å². The number of carbonyl (C=O) groups is 1. The average molecular weight is 415 g/mol. The zero-order valence-electron chi connectivity index (χ0n) is 15.9. The van der Waals surface area contributed by atoms with Crippen molar-refractivity contribution in [2.24, 2.45) is 0 Å². The standard InChI is InChI=1S/C20H21N3O5S/c1-2-28-19-8-7-17(29(25,26)23-9-11-27-12-10-23)13-18(19)22-20(24)16-5-3-15(14-21)4-6-16/h3-8,13H,2,9-12H2,1H3,(H,22,24). The first kappa shape index (κ1) is 20.8. The molecule has 1 saturated heterocycles. The molecule has 152 valence electrons. The molecule has 9 heteroatoms. The van der Waals surface area contributed by atoms with Crippen molar-refractivity contribution in [3.05, 3.63) is 53.6 Å². The summed E-state index contributed by atoms with van der Waals surface area (Å²) in [5.41, 5.74) is 1.04. The summed E-state index contributed by atoms with van der Waals surface area (Å²) in [5.74, 6) is -0.0632. The van der Waals surface area contributed by atoms with Gasteiger partial charge in [0.1, 0.15) is 5.75 Å². The van der Waals surface area contributed by atoms with Crippen LogP contribution < -0.4 is 10.1 Å². The molecule has 0 saturated carbocycles. The van der Waals surface area contributed by atoms with E-state index in [2.05, 4.69) is 5.32 Å². The molecule has 29 heavy (non-hydrogen) atoms. The predicted octanol–water partition coefficient (Wildman–Crippen LogP) is 2.23. The van der Waals surface area contributed by atoms with Crippen LogP contribution in [-0.2, 0) is 14.8 Å². The van der Waals surface area contributed by atoms with Crippen LogP contribution in [0.1, 0.15) is 22.8 Å². The molecule has 0 atom stereocenters. The molecule has 1 N–H and O–H groups in total. The Morgan fingerprint density at radius 1 is 1.21 bits per heavy atom. The van der Waals surface area contributed by atoms with E-state index in [4.69, 9.17) is 14.7 Å². The highest BCUT2D eigenvalue weighted by Crippen LogP contribution is 2.30. The molecule has 0 radical (unpaired) electrons. The van der Waals surface area contributed by atoms with Crippen molar-refractivity contribution in [3.63, 3.8) is 0 Å². The molecule has 0 spiro atoms. The number of carbonyl (C=O) groups excluding carboxylic acids is 1. The molecule has 1 amide bonds. The van der Waals surface area contributed by atoms with E-state index in [0.29, 0.717) is 36.7 Å². The van der Waals surface area contributed by atoms with E-state index in [1.807, 2.05) is 6.07 Å². The molecule has 2 aromatic rings. The topological polar surface area (TPSA) is 109 Å². The van der Waals surface area contributed by atoms with E-state index < -0.39 is 15.9 Å². The van der Waals surface area contributed by atoms with Crippen molar-refractivity contribution in [2.75, 3.05) is 38.2 Å². The van der Waals surface area contributed by atoms with Gasteiger partial charge in [0.25, 0.3) is 5.91 Å². The van der Waals surface area contributed by atoms with Crippen molar-refractivity contribution in [1.82, 2.24) is 4.31 Å². The highest BCUT2D eigenvalue weighted by atomic mass is 32.2. The fourth-order valence-electron chi connectivity index (χ4n) is 2.88. The third kappa shape index (κ3) is 4.74. The van der Waals surface area contributed by atoms with Gasteiger partial charge < -0.3 is 14.8 Å². The number of hydrogen-bond donors (Lipinski definition) is 1. The first-order chi connectivity index (χ1) is 14.0. The van der Waals surface area contributed by atoms with Crippen LogP contribution in [0.5, 0.6) is 5.75 Å². The van der Waals surface area contributed by atoms with Crippen LogP contribution in [0.25, 0.3) is 0 Å². The SMILES string of the molecule is CCOc1ccc(S(=O)(=O)N2CCOCC2)cc1NC(=O)c1ccc(C#N)cc1. The Balaban J connectivity index is 1.90. The molecule has 0 aliphatic carbocycles. The smallest absolute Gasteiger partial charge is 0.255 e. The third-order valence-electron chi connectivity index (χ3n) is 4.38. The van der Waals surface area contributed by atoms with Crippen LogP contribution in [0, 0.1) is 11.3 Å². The number of benzene rings is 2. The maximum atomic E-state index is 12.9. The zero-order valence-corrected chi connectivity index (χ0v) is 16.7. The second-order valence-corrected chi connectivity index (χ2v) is 8.19. The number of ether oxygens (including phenoxy) is 2. The summed E-state index contributed by atoms with van der Waals surface area (Å²) in [6.45, 7) is 3.40. The van der Waals surface area contributed by atoms with Crippen molar-refractivity contribution in [2.45, 2.75) is 11.8 Å². The van der Waals surface area contributed by atoms with Gasteiger partial charge in [0, 0.05) is 18.7 Å². The van der Waals surface area contributed by atoms with Crippen molar-refractivity contribution in [1.29, 1.82) is 5.26 Å². The number of rotatable bonds is 6. The lowest BCUT2D eigenvalue weighted by Gasteiger charge is -2.26. The third-order valence-corrected chi connectivity index (χ3v) is 6.28. The van der Waals surface area contributed by atoms with Crippen LogP contribution in [0.4, 0.5) is 5.69 Å². The summed E-state index contributed by atoms with van der Waals surface area (Å²) in [6.07, 6.45) is 0. The van der Waals surface area contributed by atoms with Gasteiger partial charge in [-0.3, -0.25) is 4.79 Å². The first-order valence-corrected chi connectivity index (χ1v) is 10.6. The Hall–Kier alpha value is -2.93. The number of amides is 1. The number of morpholine rings is 1. The molecule has 8 nitrogen and oxygen atoms in total. The Labute approximate surface area is 169 Å². The Kier molecular flexibility index (Phi) is 6.49. The van der Waals surface area contributed by atoms with Crippen molar-refractivity contribution in [3.8, 4) is 11.8 Å². The summed E-state index contributed by atoms with van der Waals surface area (Å²) in [7, 11) is -3.72. The van der Waals surface area contributed by atoms with E-state index in [1.54, 1.807) is 6.92 Å². The van der Waals surface area contributed by atoms with E-state index in [0.717, 1.165) is 0 Å².